The molecule has 0 aliphatic rings. The first kappa shape index (κ1) is 21.7. The van der Waals surface area contributed by atoms with Gasteiger partial charge in [0.2, 0.25) is 0 Å². The molecule has 0 fully saturated rings. The third-order valence-electron chi connectivity index (χ3n) is 3.50. The molecule has 1 unspecified atom stereocenters. The van der Waals surface area contributed by atoms with E-state index in [2.05, 4.69) is 15.0 Å². The SMILES string of the molecule is Cc1c(OCC(F)(F)F)ccnc1C[S+]([O-])c1nc2ccccc2[nH]1.[KH]. The summed E-state index contributed by atoms with van der Waals surface area (Å²) in [5.41, 5.74) is 2.28. The van der Waals surface area contributed by atoms with E-state index in [1.807, 2.05) is 18.2 Å². The van der Waals surface area contributed by atoms with Gasteiger partial charge in [0.05, 0.1) is 16.7 Å². The van der Waals surface area contributed by atoms with Crippen LogP contribution in [0, 0.1) is 6.92 Å². The van der Waals surface area contributed by atoms with Crippen molar-refractivity contribution in [3.05, 3.63) is 47.8 Å². The zero-order chi connectivity index (χ0) is 18.0. The molecule has 0 bridgehead atoms. The Kier molecular flexibility index (Phi) is 7.54. The molecule has 0 amide bonds. The van der Waals surface area contributed by atoms with Crippen LogP contribution < -0.4 is 4.74 Å². The Morgan fingerprint density at radius 3 is 2.65 bits per heavy atom. The number of rotatable bonds is 5. The number of hydrogen-bond donors (Lipinski definition) is 1. The molecule has 2 heterocycles. The molecule has 134 valence electrons. The number of halogens is 3. The van der Waals surface area contributed by atoms with E-state index in [4.69, 9.17) is 4.74 Å². The van der Waals surface area contributed by atoms with Crippen LogP contribution in [0.3, 0.4) is 0 Å². The number of benzene rings is 1. The minimum atomic E-state index is -4.42. The third kappa shape index (κ3) is 5.44. The minimum absolute atomic E-state index is 0. The van der Waals surface area contributed by atoms with Crippen LogP contribution in [-0.4, -0.2) is 83.7 Å². The Balaban J connectivity index is 0.00000243. The molecule has 2 aromatic heterocycles. The number of hydrogen-bond acceptors (Lipinski definition) is 4. The molecule has 3 rings (SSSR count). The maximum atomic E-state index is 12.5. The van der Waals surface area contributed by atoms with Crippen molar-refractivity contribution in [2.45, 2.75) is 24.0 Å². The number of nitrogens with zero attached hydrogens (tertiary/aromatic N) is 2. The number of aromatic nitrogens is 3. The standard InChI is InChI=1S/C16H14F3N3O2S.K.H/c1-10-13(20-7-6-14(10)24-9-16(17,18)19)8-25(23)15-21-11-4-2-3-5-12(11)22-15;;/h2-7H,8-9H2,1H3,(H,21,22);;. The van der Waals surface area contributed by atoms with Crippen molar-refractivity contribution in [3.63, 3.8) is 0 Å². The molecule has 0 aliphatic heterocycles. The van der Waals surface area contributed by atoms with Crippen molar-refractivity contribution in [2.24, 2.45) is 0 Å². The van der Waals surface area contributed by atoms with Crippen LogP contribution in [0.5, 0.6) is 5.75 Å². The van der Waals surface area contributed by atoms with Crippen LogP contribution in [0.2, 0.25) is 0 Å². The van der Waals surface area contributed by atoms with Gasteiger partial charge >= 0.3 is 62.7 Å². The molecule has 26 heavy (non-hydrogen) atoms. The summed E-state index contributed by atoms with van der Waals surface area (Å²) in [6.07, 6.45) is -3.09. The van der Waals surface area contributed by atoms with E-state index in [0.29, 0.717) is 21.9 Å². The molecule has 0 saturated heterocycles. The van der Waals surface area contributed by atoms with E-state index in [1.165, 1.54) is 12.3 Å². The van der Waals surface area contributed by atoms with Gasteiger partial charge in [-0.15, -0.1) is 0 Å². The van der Waals surface area contributed by atoms with Crippen LogP contribution in [-0.2, 0) is 16.9 Å². The Labute approximate surface area is 193 Å². The van der Waals surface area contributed by atoms with Gasteiger partial charge in [-0.3, -0.25) is 9.97 Å². The number of fused-ring (bicyclic) bond motifs is 1. The number of alkyl halides is 3. The number of para-hydroxylation sites is 2. The van der Waals surface area contributed by atoms with Gasteiger partial charge in [-0.05, 0) is 25.1 Å². The summed E-state index contributed by atoms with van der Waals surface area (Å²) in [6.45, 7) is 0.202. The number of aromatic amines is 1. The molecule has 10 heteroatoms. The predicted octanol–water partition coefficient (Wildman–Crippen LogP) is 2.87. The Hall–Kier alpha value is -0.624. The quantitative estimate of drug-likeness (QED) is 0.520. The molecule has 1 aromatic carbocycles. The Morgan fingerprint density at radius 2 is 1.96 bits per heavy atom. The summed E-state index contributed by atoms with van der Waals surface area (Å²) >= 11 is -1.51. The fourth-order valence-electron chi connectivity index (χ4n) is 2.25. The molecule has 5 nitrogen and oxygen atoms in total. The van der Waals surface area contributed by atoms with Crippen LogP contribution in [0.1, 0.15) is 11.3 Å². The zero-order valence-electron chi connectivity index (χ0n) is 13.1. The summed E-state index contributed by atoms with van der Waals surface area (Å²) in [4.78, 5) is 11.3. The molecule has 0 spiro atoms. The maximum absolute atomic E-state index is 12.5. The molecular weight excluding hydrogens is 394 g/mol. The second kappa shape index (κ2) is 9.04. The van der Waals surface area contributed by atoms with Gasteiger partial charge in [0.25, 0.3) is 0 Å². The number of imidazole rings is 1. The topological polar surface area (TPSA) is 73.9 Å². The summed E-state index contributed by atoms with van der Waals surface area (Å²) < 4.78 is 54.2. The van der Waals surface area contributed by atoms with Gasteiger partial charge in [0.1, 0.15) is 5.75 Å². The summed E-state index contributed by atoms with van der Waals surface area (Å²) in [5.74, 6) is 0.0958. The number of H-pyrrole nitrogens is 1. The van der Waals surface area contributed by atoms with E-state index in [-0.39, 0.29) is 62.9 Å². The van der Waals surface area contributed by atoms with Gasteiger partial charge in [0.15, 0.2) is 12.4 Å². The first-order valence-corrected chi connectivity index (χ1v) is 8.62. The van der Waals surface area contributed by atoms with E-state index in [1.54, 1.807) is 13.0 Å². The summed E-state index contributed by atoms with van der Waals surface area (Å²) in [5, 5.41) is 0.295. The van der Waals surface area contributed by atoms with Gasteiger partial charge in [0, 0.05) is 22.9 Å². The Bertz CT molecular complexity index is 856. The van der Waals surface area contributed by atoms with Crippen molar-refractivity contribution in [2.75, 3.05) is 6.61 Å². The van der Waals surface area contributed by atoms with Crippen LogP contribution in [0.25, 0.3) is 11.0 Å². The van der Waals surface area contributed by atoms with E-state index in [9.17, 15) is 17.7 Å². The number of nitrogens with one attached hydrogen (secondary N) is 1. The van der Waals surface area contributed by atoms with E-state index < -0.39 is 24.0 Å². The number of pyridine rings is 1. The van der Waals surface area contributed by atoms with Crippen LogP contribution in [0.15, 0.2) is 41.7 Å². The van der Waals surface area contributed by atoms with Gasteiger partial charge < -0.3 is 9.29 Å². The monoisotopic (exact) mass is 409 g/mol. The third-order valence-corrected chi connectivity index (χ3v) is 4.66. The average molecular weight is 409 g/mol. The first-order valence-electron chi connectivity index (χ1n) is 7.30. The zero-order valence-corrected chi connectivity index (χ0v) is 13.9. The fraction of sp³-hybridized carbons (Fsp3) is 0.250. The van der Waals surface area contributed by atoms with Gasteiger partial charge in [-0.1, -0.05) is 12.1 Å². The van der Waals surface area contributed by atoms with Crippen molar-refractivity contribution in [1.29, 1.82) is 0 Å². The van der Waals surface area contributed by atoms with Crippen molar-refractivity contribution < 1.29 is 22.5 Å². The van der Waals surface area contributed by atoms with Crippen molar-refractivity contribution in [1.82, 2.24) is 15.0 Å². The van der Waals surface area contributed by atoms with Gasteiger partial charge in [-0.2, -0.15) is 18.2 Å². The normalized spacial score (nSPS) is 12.7. The fourth-order valence-corrected chi connectivity index (χ4v) is 3.35. The van der Waals surface area contributed by atoms with Gasteiger partial charge in [-0.25, -0.2) is 0 Å². The molecule has 0 saturated carbocycles. The summed E-state index contributed by atoms with van der Waals surface area (Å²) in [6, 6.07) is 8.62. The second-order valence-corrected chi connectivity index (χ2v) is 6.70. The Morgan fingerprint density at radius 1 is 1.23 bits per heavy atom. The molecular formula is C16H15F3KN3O2S. The molecule has 0 aliphatic carbocycles. The van der Waals surface area contributed by atoms with Crippen LogP contribution in [0.4, 0.5) is 13.2 Å². The average Bonchev–Trinajstić information content (AvgIpc) is 2.99. The van der Waals surface area contributed by atoms with E-state index in [0.717, 1.165) is 5.52 Å². The van der Waals surface area contributed by atoms with Crippen molar-refractivity contribution in [3.8, 4) is 5.75 Å². The van der Waals surface area contributed by atoms with Crippen molar-refractivity contribution >= 4 is 73.6 Å². The first-order chi connectivity index (χ1) is 11.8. The molecule has 0 radical (unpaired) electrons. The summed E-state index contributed by atoms with van der Waals surface area (Å²) in [7, 11) is 0. The van der Waals surface area contributed by atoms with Crippen LogP contribution >= 0.6 is 0 Å². The molecule has 3 aromatic rings. The molecule has 1 N–H and O–H groups in total. The predicted molar refractivity (Wildman–Crippen MR) is 93.9 cm³/mol. The molecule has 1 atom stereocenters. The van der Waals surface area contributed by atoms with E-state index >= 15 is 0 Å². The second-order valence-electron chi connectivity index (χ2n) is 5.33. The number of ether oxygens (including phenoxy) is 1.